The van der Waals surface area contributed by atoms with Crippen LogP contribution in [0.3, 0.4) is 0 Å². The zero-order chi connectivity index (χ0) is 12.9. The van der Waals surface area contributed by atoms with Crippen molar-refractivity contribution >= 4 is 127 Å². The molecule has 0 heterocycles. The molecular weight excluding hydrogens is 846 g/mol. The minimum absolute atomic E-state index is 0. The van der Waals surface area contributed by atoms with Gasteiger partial charge in [-0.1, -0.05) is 0 Å². The second-order valence-corrected chi connectivity index (χ2v) is 10.7. The van der Waals surface area contributed by atoms with Gasteiger partial charge in [0.2, 0.25) is 0 Å². The average molecular weight is 865 g/mol. The molecule has 0 spiro atoms. The molecule has 23 heavy (non-hydrogen) atoms. The number of hydrogen-bond donors (Lipinski definition) is 0. The number of hydrogen-bond acceptors (Lipinski definition) is 0. The summed E-state index contributed by atoms with van der Waals surface area (Å²) in [5.74, 6) is 0. The van der Waals surface area contributed by atoms with Gasteiger partial charge in [0.25, 0.3) is 0 Å². The van der Waals surface area contributed by atoms with Gasteiger partial charge >= 0.3 is 122 Å². The maximum atomic E-state index is 2.28. The van der Waals surface area contributed by atoms with Gasteiger partial charge < -0.3 is 0 Å². The molecule has 0 N–H and O–H groups in total. The molecule has 0 saturated heterocycles. The monoisotopic (exact) mass is 864 g/mol. The Bertz CT molecular complexity index is 539. The molecule has 0 unspecified atom stereocenters. The van der Waals surface area contributed by atoms with Crippen LogP contribution in [0, 0.1) is 0 Å². The minimum atomic E-state index is -1.83. The van der Waals surface area contributed by atoms with Crippen LogP contribution in [0.1, 0.15) is 0 Å². The summed E-state index contributed by atoms with van der Waals surface area (Å²) in [6, 6.07) is 32.9. The third kappa shape index (κ3) is 7.66. The van der Waals surface area contributed by atoms with Gasteiger partial charge in [0.05, 0.1) is 0 Å². The Balaban J connectivity index is 0. The van der Waals surface area contributed by atoms with E-state index in [1.54, 1.807) is 0 Å². The van der Waals surface area contributed by atoms with E-state index in [1.165, 1.54) is 10.5 Å². The summed E-state index contributed by atoms with van der Waals surface area (Å²) in [6.45, 7) is 0. The first kappa shape index (κ1) is 26.6. The Morgan fingerprint density at radius 1 is 0.348 bits per heavy atom. The molecule has 0 atom stereocenters. The fourth-order valence-corrected chi connectivity index (χ4v) is 8.76. The van der Waals surface area contributed by atoms with Crippen LogP contribution < -0.4 is 10.5 Å². The first-order valence-electron chi connectivity index (χ1n) is 6.40. The molecule has 0 amide bonds. The van der Waals surface area contributed by atoms with Crippen LogP contribution in [0.4, 0.5) is 0 Å². The van der Waals surface area contributed by atoms with E-state index in [-0.39, 0.29) is 95.9 Å². The van der Waals surface area contributed by atoms with E-state index in [0.29, 0.717) is 0 Å². The van der Waals surface area contributed by atoms with E-state index in [2.05, 4.69) is 91.0 Å². The molecule has 0 fully saturated rings. The van der Waals surface area contributed by atoms with E-state index >= 15 is 0 Å². The zero-order valence-electron chi connectivity index (χ0n) is 12.2. The molecule has 3 aromatic carbocycles. The first-order chi connectivity index (χ1) is 9.45. The Morgan fingerprint density at radius 3 is 0.783 bits per heavy atom. The third-order valence-electron chi connectivity index (χ3n) is 3.04. The second kappa shape index (κ2) is 14.6. The van der Waals surface area contributed by atoms with Crippen molar-refractivity contribution in [1.82, 2.24) is 0 Å². The van der Waals surface area contributed by atoms with Crippen LogP contribution in [0.2, 0.25) is 0 Å². The quantitative estimate of drug-likeness (QED) is 0.266. The molecule has 3 aromatic rings. The molecular formula is C18H19I4Sb. The van der Waals surface area contributed by atoms with Crippen LogP contribution in [0.5, 0.6) is 0 Å². The van der Waals surface area contributed by atoms with Gasteiger partial charge in [-0.2, -0.15) is 0 Å². The van der Waals surface area contributed by atoms with Crippen LogP contribution in [-0.2, 0) is 0 Å². The molecule has 3 rings (SSSR count). The Kier molecular flexibility index (Phi) is 16.8. The van der Waals surface area contributed by atoms with Gasteiger partial charge in [-0.05, 0) is 0 Å². The maximum absolute atomic E-state index is 2.28. The van der Waals surface area contributed by atoms with Crippen molar-refractivity contribution in [3.8, 4) is 0 Å². The van der Waals surface area contributed by atoms with E-state index in [9.17, 15) is 0 Å². The van der Waals surface area contributed by atoms with Gasteiger partial charge in [-0.3, -0.25) is 0 Å². The average Bonchev–Trinajstić information content (AvgIpc) is 2.51. The van der Waals surface area contributed by atoms with Crippen molar-refractivity contribution in [2.24, 2.45) is 0 Å². The first-order valence-corrected chi connectivity index (χ1v) is 10.2. The van der Waals surface area contributed by atoms with Crippen molar-refractivity contribution in [2.45, 2.75) is 0 Å². The number of rotatable bonds is 3. The zero-order valence-corrected chi connectivity index (χ0v) is 24.1. The van der Waals surface area contributed by atoms with Crippen LogP contribution in [0.15, 0.2) is 91.0 Å². The fourth-order valence-electron chi connectivity index (χ4n) is 2.18. The van der Waals surface area contributed by atoms with Gasteiger partial charge in [-0.25, -0.2) is 0 Å². The molecule has 124 valence electrons. The summed E-state index contributed by atoms with van der Waals surface area (Å²) in [6.07, 6.45) is 0. The van der Waals surface area contributed by atoms with Gasteiger partial charge in [0.15, 0.2) is 0 Å². The summed E-state index contributed by atoms with van der Waals surface area (Å²) in [4.78, 5) is 0. The molecule has 0 nitrogen and oxygen atoms in total. The van der Waals surface area contributed by atoms with Gasteiger partial charge in [-0.15, -0.1) is 95.9 Å². The molecule has 0 bridgehead atoms. The predicted molar refractivity (Wildman–Crippen MR) is 146 cm³/mol. The third-order valence-corrected chi connectivity index (χ3v) is 10.0. The predicted octanol–water partition coefficient (Wildman–Crippen LogP) is 4.67. The van der Waals surface area contributed by atoms with E-state index < -0.39 is 20.2 Å². The Labute approximate surface area is 214 Å². The standard InChI is InChI=1S/3C6H5.4HI.Sb/c3*1-2-4-6-5-3-1;;;;;/h3*1-5H;4*1H;. The van der Waals surface area contributed by atoms with E-state index in [0.717, 1.165) is 0 Å². The summed E-state index contributed by atoms with van der Waals surface area (Å²) in [5, 5.41) is 0. The van der Waals surface area contributed by atoms with Crippen molar-refractivity contribution < 1.29 is 0 Å². The van der Waals surface area contributed by atoms with Crippen LogP contribution in [0.25, 0.3) is 0 Å². The van der Waals surface area contributed by atoms with Gasteiger partial charge in [0.1, 0.15) is 0 Å². The number of benzene rings is 3. The molecule has 0 saturated carbocycles. The molecule has 0 aliphatic heterocycles. The van der Waals surface area contributed by atoms with Gasteiger partial charge in [0, 0.05) is 0 Å². The van der Waals surface area contributed by atoms with Crippen LogP contribution in [-0.4, -0.2) is 20.2 Å². The summed E-state index contributed by atoms with van der Waals surface area (Å²) >= 11 is -1.83. The second-order valence-electron chi connectivity index (χ2n) is 4.34. The van der Waals surface area contributed by atoms with Crippen LogP contribution >= 0.6 is 95.9 Å². The molecule has 0 aliphatic rings. The fraction of sp³-hybridized carbons (Fsp3) is 0. The van der Waals surface area contributed by atoms with Crippen molar-refractivity contribution in [3.63, 3.8) is 0 Å². The Morgan fingerprint density at radius 2 is 0.565 bits per heavy atom. The van der Waals surface area contributed by atoms with Crippen molar-refractivity contribution in [3.05, 3.63) is 91.0 Å². The summed E-state index contributed by atoms with van der Waals surface area (Å²) in [5.41, 5.74) is 0. The Hall–Kier alpha value is 1.40. The van der Waals surface area contributed by atoms with Crippen molar-refractivity contribution in [2.75, 3.05) is 0 Å². The SMILES string of the molecule is I.I.I.I.c1cc[c]([Sb]([c]2ccccc2)[c]2ccccc2)cc1. The van der Waals surface area contributed by atoms with Crippen molar-refractivity contribution in [1.29, 1.82) is 0 Å². The summed E-state index contributed by atoms with van der Waals surface area (Å²) < 4.78 is 4.55. The molecule has 0 aromatic heterocycles. The normalized spacial score (nSPS) is 8.74. The molecule has 0 aliphatic carbocycles. The summed E-state index contributed by atoms with van der Waals surface area (Å²) in [7, 11) is 0. The van der Waals surface area contributed by atoms with E-state index in [4.69, 9.17) is 0 Å². The molecule has 5 heteroatoms. The molecule has 0 radical (unpaired) electrons. The van der Waals surface area contributed by atoms with E-state index in [1.807, 2.05) is 0 Å². The topological polar surface area (TPSA) is 0 Å². The number of halogens is 4.